The van der Waals surface area contributed by atoms with Crippen LogP contribution in [0.5, 0.6) is 0 Å². The summed E-state index contributed by atoms with van der Waals surface area (Å²) in [5.74, 6) is -3.13. The largest absolute Gasteiger partial charge is 0.481 e. The molecule has 3 aromatic rings. The number of benzene rings is 3. The predicted octanol–water partition coefficient (Wildman–Crippen LogP) is 4.74. The lowest BCUT2D eigenvalue weighted by atomic mass is 9.98. The molecule has 0 bridgehead atoms. The van der Waals surface area contributed by atoms with Gasteiger partial charge in [0.1, 0.15) is 18.8 Å². The van der Waals surface area contributed by atoms with E-state index in [1.807, 2.05) is 54.6 Å². The number of ether oxygens (including phenoxy) is 2. The molecule has 2 aliphatic rings. The zero-order valence-electron chi connectivity index (χ0n) is 22.9. The highest BCUT2D eigenvalue weighted by molar-refractivity contribution is 5.84. The lowest BCUT2D eigenvalue weighted by Gasteiger charge is -2.24. The molecule has 2 amide bonds. The fourth-order valence-electron chi connectivity index (χ4n) is 5.44. The Labute approximate surface area is 243 Å². The topological polar surface area (TPSA) is 131 Å². The van der Waals surface area contributed by atoms with E-state index in [9.17, 15) is 24.3 Å². The minimum atomic E-state index is -1.09. The van der Waals surface area contributed by atoms with Crippen molar-refractivity contribution in [2.24, 2.45) is 5.92 Å². The molecular formula is C33H32N2O7. The van der Waals surface area contributed by atoms with Crippen molar-refractivity contribution in [3.05, 3.63) is 108 Å². The molecule has 42 heavy (non-hydrogen) atoms. The molecule has 0 saturated heterocycles. The van der Waals surface area contributed by atoms with E-state index in [0.29, 0.717) is 5.56 Å². The SMILES string of the molecule is O=C(O)C[C@@H]1CC=CC[C@@H](NC(=O)OCC2c3ccccc3-c3ccccc32)C(=O)O[C@H](c2ccccc2)CNC1=O. The van der Waals surface area contributed by atoms with Crippen molar-refractivity contribution in [1.82, 2.24) is 10.6 Å². The zero-order chi connectivity index (χ0) is 29.5. The summed E-state index contributed by atoms with van der Waals surface area (Å²) in [6.45, 7) is 0.0408. The van der Waals surface area contributed by atoms with Gasteiger partial charge in [0.25, 0.3) is 0 Å². The van der Waals surface area contributed by atoms with E-state index in [1.54, 1.807) is 36.4 Å². The average Bonchev–Trinajstić information content (AvgIpc) is 3.32. The minimum absolute atomic E-state index is 0.0495. The maximum atomic E-state index is 13.3. The Morgan fingerprint density at radius 2 is 1.50 bits per heavy atom. The maximum absolute atomic E-state index is 13.3. The number of carboxylic acids is 1. The second-order valence-electron chi connectivity index (χ2n) is 10.3. The standard InChI is InChI=1S/C33H32N2O7/c36-30(37)18-22-12-4-9-17-28(32(39)42-29(19-34-31(22)38)21-10-2-1-3-11-21)35-33(40)41-20-27-25-15-7-5-13-23(25)24-14-6-8-16-26(24)27/h1-11,13-16,22,27-29H,12,17-20H2,(H,34,38)(H,35,40)(H,36,37)/t22-,28+,29-/m0/s1. The van der Waals surface area contributed by atoms with Crippen LogP contribution in [0.1, 0.15) is 48.0 Å². The average molecular weight is 569 g/mol. The van der Waals surface area contributed by atoms with Crippen LogP contribution >= 0.6 is 0 Å². The van der Waals surface area contributed by atoms with E-state index in [1.165, 1.54) is 0 Å². The summed E-state index contributed by atoms with van der Waals surface area (Å²) >= 11 is 0. The molecule has 3 N–H and O–H groups in total. The van der Waals surface area contributed by atoms with Gasteiger partial charge < -0.3 is 25.2 Å². The molecule has 5 rings (SSSR count). The van der Waals surface area contributed by atoms with Crippen molar-refractivity contribution in [2.45, 2.75) is 37.3 Å². The van der Waals surface area contributed by atoms with Crippen LogP contribution in [0.25, 0.3) is 11.1 Å². The highest BCUT2D eigenvalue weighted by Gasteiger charge is 2.31. The second kappa shape index (κ2) is 13.2. The summed E-state index contributed by atoms with van der Waals surface area (Å²) in [4.78, 5) is 50.4. The summed E-state index contributed by atoms with van der Waals surface area (Å²) < 4.78 is 11.4. The third-order valence-electron chi connectivity index (χ3n) is 7.56. The van der Waals surface area contributed by atoms with Gasteiger partial charge in [-0.2, -0.15) is 0 Å². The Balaban J connectivity index is 1.31. The number of aliphatic carboxylic acids is 1. The summed E-state index contributed by atoms with van der Waals surface area (Å²) in [5, 5.41) is 14.7. The van der Waals surface area contributed by atoms with E-state index < -0.39 is 42.0 Å². The third kappa shape index (κ3) is 6.68. The molecular weight excluding hydrogens is 536 g/mol. The smallest absolute Gasteiger partial charge is 0.407 e. The van der Waals surface area contributed by atoms with E-state index >= 15 is 0 Å². The normalized spacial score (nSPS) is 20.6. The highest BCUT2D eigenvalue weighted by Crippen LogP contribution is 2.44. The van der Waals surface area contributed by atoms with Gasteiger partial charge in [-0.05, 0) is 40.7 Å². The first-order valence-corrected chi connectivity index (χ1v) is 13.9. The van der Waals surface area contributed by atoms with Crippen molar-refractivity contribution < 1.29 is 33.8 Å². The predicted molar refractivity (Wildman–Crippen MR) is 154 cm³/mol. The van der Waals surface area contributed by atoms with Gasteiger partial charge in [0.05, 0.1) is 18.9 Å². The molecule has 0 spiro atoms. The number of nitrogens with one attached hydrogen (secondary N) is 2. The molecule has 1 aliphatic carbocycles. The van der Waals surface area contributed by atoms with Gasteiger partial charge in [-0.3, -0.25) is 9.59 Å². The molecule has 0 unspecified atom stereocenters. The van der Waals surface area contributed by atoms with Crippen LogP contribution in [0.15, 0.2) is 91.0 Å². The van der Waals surface area contributed by atoms with Gasteiger partial charge in [0.15, 0.2) is 0 Å². The molecule has 0 saturated carbocycles. The molecule has 9 nitrogen and oxygen atoms in total. The van der Waals surface area contributed by atoms with Gasteiger partial charge >= 0.3 is 18.0 Å². The minimum Gasteiger partial charge on any atom is -0.481 e. The first-order valence-electron chi connectivity index (χ1n) is 13.9. The fraction of sp³-hybridized carbons (Fsp3) is 0.273. The molecule has 0 radical (unpaired) electrons. The van der Waals surface area contributed by atoms with Crippen LogP contribution in [-0.2, 0) is 23.9 Å². The van der Waals surface area contributed by atoms with Crippen molar-refractivity contribution in [2.75, 3.05) is 13.2 Å². The first-order chi connectivity index (χ1) is 20.4. The Hall–Kier alpha value is -4.92. The molecule has 3 atom stereocenters. The number of allylic oxidation sites excluding steroid dienone is 1. The summed E-state index contributed by atoms with van der Waals surface area (Å²) in [5.41, 5.74) is 5.01. The lowest BCUT2D eigenvalue weighted by Crippen LogP contribution is -2.44. The molecule has 9 heteroatoms. The highest BCUT2D eigenvalue weighted by atomic mass is 16.6. The Bertz CT molecular complexity index is 1440. The maximum Gasteiger partial charge on any atom is 0.407 e. The van der Waals surface area contributed by atoms with Gasteiger partial charge in [0, 0.05) is 5.92 Å². The summed E-state index contributed by atoms with van der Waals surface area (Å²) in [6.07, 6.45) is 1.58. The number of hydrogen-bond acceptors (Lipinski definition) is 6. The van der Waals surface area contributed by atoms with E-state index in [4.69, 9.17) is 9.47 Å². The van der Waals surface area contributed by atoms with Crippen LogP contribution in [-0.4, -0.2) is 48.2 Å². The molecule has 0 fully saturated rings. The Kier molecular flexibility index (Phi) is 8.96. The summed E-state index contributed by atoms with van der Waals surface area (Å²) in [7, 11) is 0. The number of carbonyl (C=O) groups is 4. The number of esters is 1. The van der Waals surface area contributed by atoms with Crippen LogP contribution in [0.4, 0.5) is 4.79 Å². The number of carboxylic acid groups (broad SMARTS) is 1. The monoisotopic (exact) mass is 568 g/mol. The van der Waals surface area contributed by atoms with Crippen LogP contribution in [0.3, 0.4) is 0 Å². The van der Waals surface area contributed by atoms with Gasteiger partial charge in [-0.25, -0.2) is 9.59 Å². The number of fused-ring (bicyclic) bond motifs is 3. The number of cyclic esters (lactones) is 1. The number of carbonyl (C=O) groups excluding carboxylic acids is 3. The van der Waals surface area contributed by atoms with Crippen LogP contribution in [0, 0.1) is 5.92 Å². The van der Waals surface area contributed by atoms with E-state index in [0.717, 1.165) is 22.3 Å². The van der Waals surface area contributed by atoms with Gasteiger partial charge in [-0.15, -0.1) is 0 Å². The van der Waals surface area contributed by atoms with E-state index in [2.05, 4.69) is 10.6 Å². The van der Waals surface area contributed by atoms with Crippen molar-refractivity contribution in [3.63, 3.8) is 0 Å². The van der Waals surface area contributed by atoms with Crippen molar-refractivity contribution >= 4 is 23.9 Å². The molecule has 216 valence electrons. The molecule has 3 aromatic carbocycles. The van der Waals surface area contributed by atoms with Gasteiger partial charge in [-0.1, -0.05) is 91.0 Å². The summed E-state index contributed by atoms with van der Waals surface area (Å²) in [6, 6.07) is 23.9. The van der Waals surface area contributed by atoms with Crippen molar-refractivity contribution in [1.29, 1.82) is 0 Å². The van der Waals surface area contributed by atoms with Gasteiger partial charge in [0.2, 0.25) is 5.91 Å². The quantitative estimate of drug-likeness (QED) is 0.289. The number of rotatable bonds is 6. The zero-order valence-corrected chi connectivity index (χ0v) is 22.9. The van der Waals surface area contributed by atoms with Crippen LogP contribution in [0.2, 0.25) is 0 Å². The lowest BCUT2D eigenvalue weighted by molar-refractivity contribution is -0.152. The fourth-order valence-corrected chi connectivity index (χ4v) is 5.44. The molecule has 1 aliphatic heterocycles. The van der Waals surface area contributed by atoms with Crippen LogP contribution < -0.4 is 10.6 Å². The molecule has 1 heterocycles. The third-order valence-corrected chi connectivity index (χ3v) is 7.56. The number of hydrogen-bond donors (Lipinski definition) is 3. The molecule has 0 aromatic heterocycles. The number of amides is 2. The second-order valence-corrected chi connectivity index (χ2v) is 10.3. The van der Waals surface area contributed by atoms with Crippen molar-refractivity contribution in [3.8, 4) is 11.1 Å². The first kappa shape index (κ1) is 28.6. The Morgan fingerprint density at radius 1 is 0.881 bits per heavy atom. The number of alkyl carbamates (subject to hydrolysis) is 1. The Morgan fingerprint density at radius 3 is 2.17 bits per heavy atom. The van der Waals surface area contributed by atoms with E-state index in [-0.39, 0.29) is 38.3 Å².